The summed E-state index contributed by atoms with van der Waals surface area (Å²) in [6.45, 7) is 0.939. The highest BCUT2D eigenvalue weighted by atomic mass is 35.5. The number of halogens is 1. The van der Waals surface area contributed by atoms with Crippen molar-refractivity contribution in [3.05, 3.63) is 65.9 Å². The van der Waals surface area contributed by atoms with Crippen molar-refractivity contribution < 1.29 is 14.3 Å². The molecule has 2 heterocycles. The highest BCUT2D eigenvalue weighted by Gasteiger charge is 2.21. The van der Waals surface area contributed by atoms with Crippen LogP contribution < -0.4 is 20.1 Å². The van der Waals surface area contributed by atoms with E-state index in [2.05, 4.69) is 15.7 Å². The Morgan fingerprint density at radius 1 is 1.15 bits per heavy atom. The molecule has 0 bridgehead atoms. The Balaban J connectivity index is 1.34. The number of benzene rings is 2. The number of ether oxygens (including phenoxy) is 2. The van der Waals surface area contributed by atoms with Gasteiger partial charge in [-0.05, 0) is 24.3 Å². The maximum atomic E-state index is 12.1. The van der Waals surface area contributed by atoms with E-state index in [1.54, 1.807) is 41.3 Å². The van der Waals surface area contributed by atoms with E-state index in [1.807, 2.05) is 24.3 Å². The van der Waals surface area contributed by atoms with Crippen LogP contribution in [0.1, 0.15) is 0 Å². The third-order valence-electron chi connectivity index (χ3n) is 3.97. The fourth-order valence-electron chi connectivity index (χ4n) is 2.74. The van der Waals surface area contributed by atoms with Crippen LogP contribution in [0.15, 0.2) is 60.9 Å². The largest absolute Gasteiger partial charge is 0.486 e. The first-order valence-corrected chi connectivity index (χ1v) is 8.78. The monoisotopic (exact) mass is 384 g/mol. The maximum absolute atomic E-state index is 12.1. The van der Waals surface area contributed by atoms with Gasteiger partial charge in [0.25, 0.3) is 0 Å². The van der Waals surface area contributed by atoms with Crippen LogP contribution in [0.2, 0.25) is 5.02 Å². The van der Waals surface area contributed by atoms with Crippen LogP contribution >= 0.6 is 11.6 Å². The van der Waals surface area contributed by atoms with Gasteiger partial charge < -0.3 is 20.1 Å². The second kappa shape index (κ2) is 7.59. The van der Waals surface area contributed by atoms with Crippen LogP contribution in [0.5, 0.6) is 11.5 Å². The molecule has 0 unspecified atom stereocenters. The van der Waals surface area contributed by atoms with Gasteiger partial charge in [-0.1, -0.05) is 35.9 Å². The maximum Gasteiger partial charge on any atom is 0.323 e. The van der Waals surface area contributed by atoms with Gasteiger partial charge in [0.2, 0.25) is 0 Å². The van der Waals surface area contributed by atoms with E-state index in [4.69, 9.17) is 21.1 Å². The highest BCUT2D eigenvalue weighted by Crippen LogP contribution is 2.31. The molecule has 1 aromatic heterocycles. The molecule has 27 heavy (non-hydrogen) atoms. The Hall–Kier alpha value is -3.19. The molecule has 2 N–H and O–H groups in total. The van der Waals surface area contributed by atoms with Gasteiger partial charge in [-0.15, -0.1) is 0 Å². The average Bonchev–Trinajstić information content (AvgIpc) is 3.10. The molecule has 3 aromatic rings. The van der Waals surface area contributed by atoms with Gasteiger partial charge in [-0.2, -0.15) is 5.10 Å². The summed E-state index contributed by atoms with van der Waals surface area (Å²) in [5.41, 5.74) is 1.10. The Bertz CT molecular complexity index is 959. The van der Waals surface area contributed by atoms with Crippen LogP contribution in [-0.4, -0.2) is 28.5 Å². The minimum atomic E-state index is -0.395. The number of nitrogens with one attached hydrogen (secondary N) is 2. The Kier molecular flexibility index (Phi) is 4.84. The lowest BCUT2D eigenvalue weighted by molar-refractivity contribution is 0.0759. The van der Waals surface area contributed by atoms with E-state index in [0.29, 0.717) is 29.5 Å². The van der Waals surface area contributed by atoms with Crippen LogP contribution in [-0.2, 0) is 6.54 Å². The molecular formula is C19H17ClN4O3. The van der Waals surface area contributed by atoms with E-state index in [0.717, 1.165) is 11.5 Å². The third kappa shape index (κ3) is 4.15. The summed E-state index contributed by atoms with van der Waals surface area (Å²) < 4.78 is 13.3. The number of nitrogens with zero attached hydrogens (tertiary/aromatic N) is 2. The number of hydrogen-bond donors (Lipinski definition) is 2. The van der Waals surface area contributed by atoms with Crippen LogP contribution in [0, 0.1) is 0 Å². The summed E-state index contributed by atoms with van der Waals surface area (Å²) in [5.74, 6) is 1.46. The molecule has 8 heteroatoms. The van der Waals surface area contributed by atoms with Gasteiger partial charge in [-0.25, -0.2) is 4.79 Å². The van der Waals surface area contributed by atoms with Gasteiger partial charge in [0.15, 0.2) is 17.6 Å². The first-order valence-electron chi connectivity index (χ1n) is 8.41. The first kappa shape index (κ1) is 17.2. The van der Waals surface area contributed by atoms with E-state index < -0.39 is 6.03 Å². The van der Waals surface area contributed by atoms with Gasteiger partial charge >= 0.3 is 6.03 Å². The lowest BCUT2D eigenvalue weighted by atomic mass is 10.2. The molecule has 138 valence electrons. The SMILES string of the molecule is O=C(Nc1cnn(C[C@@H]2COc3ccccc3O2)c1)Nc1ccccc1Cl. The van der Waals surface area contributed by atoms with Crippen LogP contribution in [0.4, 0.5) is 16.2 Å². The Labute approximate surface area is 160 Å². The molecular weight excluding hydrogens is 368 g/mol. The molecule has 0 radical (unpaired) electrons. The lowest BCUT2D eigenvalue weighted by Crippen LogP contribution is -2.33. The molecule has 1 aliphatic heterocycles. The van der Waals surface area contributed by atoms with E-state index in [1.165, 1.54) is 0 Å². The normalized spacial score (nSPS) is 15.2. The summed E-state index contributed by atoms with van der Waals surface area (Å²) >= 11 is 6.04. The molecule has 2 aromatic carbocycles. The summed E-state index contributed by atoms with van der Waals surface area (Å²) in [5, 5.41) is 10.2. The molecule has 1 atom stereocenters. The number of para-hydroxylation sites is 3. The van der Waals surface area contributed by atoms with Crippen molar-refractivity contribution in [3.8, 4) is 11.5 Å². The summed E-state index contributed by atoms with van der Waals surface area (Å²) in [6.07, 6.45) is 3.14. The summed E-state index contributed by atoms with van der Waals surface area (Å²) in [6, 6.07) is 14.2. The van der Waals surface area contributed by atoms with E-state index in [-0.39, 0.29) is 6.10 Å². The minimum Gasteiger partial charge on any atom is -0.486 e. The highest BCUT2D eigenvalue weighted by molar-refractivity contribution is 6.33. The number of aromatic nitrogens is 2. The predicted molar refractivity (Wildman–Crippen MR) is 103 cm³/mol. The number of carbonyl (C=O) groups is 1. The zero-order chi connectivity index (χ0) is 18.6. The zero-order valence-electron chi connectivity index (χ0n) is 14.3. The average molecular weight is 385 g/mol. The van der Waals surface area contributed by atoms with Crippen molar-refractivity contribution in [1.82, 2.24) is 9.78 Å². The van der Waals surface area contributed by atoms with E-state index >= 15 is 0 Å². The predicted octanol–water partition coefficient (Wildman–Crippen LogP) is 4.02. The first-order chi connectivity index (χ1) is 13.2. The summed E-state index contributed by atoms with van der Waals surface area (Å²) in [4.78, 5) is 12.1. The smallest absolute Gasteiger partial charge is 0.323 e. The molecule has 0 fully saturated rings. The second-order valence-electron chi connectivity index (χ2n) is 6.01. The van der Waals surface area contributed by atoms with Crippen molar-refractivity contribution in [2.75, 3.05) is 17.2 Å². The molecule has 7 nitrogen and oxygen atoms in total. The third-order valence-corrected chi connectivity index (χ3v) is 4.30. The Morgan fingerprint density at radius 3 is 2.78 bits per heavy atom. The zero-order valence-corrected chi connectivity index (χ0v) is 15.0. The van der Waals surface area contributed by atoms with Crippen molar-refractivity contribution >= 4 is 29.0 Å². The number of rotatable bonds is 4. The number of urea groups is 1. The molecule has 1 aliphatic rings. The molecule has 0 spiro atoms. The quantitative estimate of drug-likeness (QED) is 0.712. The van der Waals surface area contributed by atoms with Crippen LogP contribution in [0.25, 0.3) is 0 Å². The van der Waals surface area contributed by atoms with Crippen molar-refractivity contribution in [3.63, 3.8) is 0 Å². The molecule has 2 amide bonds. The fourth-order valence-corrected chi connectivity index (χ4v) is 2.92. The van der Waals surface area contributed by atoms with Gasteiger partial charge in [0, 0.05) is 6.20 Å². The van der Waals surface area contributed by atoms with E-state index in [9.17, 15) is 4.79 Å². The van der Waals surface area contributed by atoms with Gasteiger partial charge in [-0.3, -0.25) is 4.68 Å². The second-order valence-corrected chi connectivity index (χ2v) is 6.41. The van der Waals surface area contributed by atoms with Crippen molar-refractivity contribution in [2.24, 2.45) is 0 Å². The number of anilines is 2. The fraction of sp³-hybridized carbons (Fsp3) is 0.158. The van der Waals surface area contributed by atoms with Crippen LogP contribution in [0.3, 0.4) is 0 Å². The number of carbonyl (C=O) groups excluding carboxylic acids is 1. The number of fused-ring (bicyclic) bond motifs is 1. The molecule has 0 saturated carbocycles. The number of amides is 2. The number of hydrogen-bond acceptors (Lipinski definition) is 4. The van der Waals surface area contributed by atoms with Crippen molar-refractivity contribution in [1.29, 1.82) is 0 Å². The van der Waals surface area contributed by atoms with Gasteiger partial charge in [0.1, 0.15) is 6.61 Å². The Morgan fingerprint density at radius 2 is 1.93 bits per heavy atom. The topological polar surface area (TPSA) is 77.4 Å². The molecule has 0 saturated heterocycles. The molecule has 0 aliphatic carbocycles. The standard InChI is InChI=1S/C19H17ClN4O3/c20-15-5-1-2-6-16(15)23-19(25)22-13-9-21-24(10-13)11-14-12-26-17-7-3-4-8-18(17)27-14/h1-10,14H,11-12H2,(H2,22,23,25)/t14-/m1/s1. The lowest BCUT2D eigenvalue weighted by Gasteiger charge is -2.26. The minimum absolute atomic E-state index is 0.162. The van der Waals surface area contributed by atoms with Crippen molar-refractivity contribution in [2.45, 2.75) is 12.6 Å². The summed E-state index contributed by atoms with van der Waals surface area (Å²) in [7, 11) is 0. The molecule has 4 rings (SSSR count). The van der Waals surface area contributed by atoms with Gasteiger partial charge in [0.05, 0.1) is 29.1 Å².